The Morgan fingerprint density at radius 3 is 2.62 bits per heavy atom. The highest BCUT2D eigenvalue weighted by Gasteiger charge is 2.17. The number of nitrogens with two attached hydrogens (primary N) is 1. The molecule has 0 atom stereocenters. The van der Waals surface area contributed by atoms with Crippen LogP contribution in [-0.4, -0.2) is 10.2 Å². The molecule has 5 nitrogen and oxygen atoms in total. The van der Waals surface area contributed by atoms with Crippen molar-refractivity contribution in [3.63, 3.8) is 0 Å². The van der Waals surface area contributed by atoms with Gasteiger partial charge in [0.15, 0.2) is 0 Å². The van der Waals surface area contributed by atoms with Crippen LogP contribution in [0, 0.1) is 18.3 Å². The fraction of sp³-hybridized carbons (Fsp3) is 0.312. The molecule has 2 aromatic rings. The van der Waals surface area contributed by atoms with E-state index in [0.29, 0.717) is 23.4 Å². The first kappa shape index (κ1) is 14.8. The van der Waals surface area contributed by atoms with Crippen LogP contribution in [0.5, 0.6) is 11.6 Å². The largest absolute Gasteiger partial charge is 0.436 e. The SMILES string of the molecule is CCc1nnc(Oc2cccc(N)c2C)c(C#N)c1CC. The second kappa shape index (κ2) is 6.23. The van der Waals surface area contributed by atoms with Crippen LogP contribution in [0.3, 0.4) is 0 Å². The molecular formula is C16H18N4O. The smallest absolute Gasteiger partial charge is 0.257 e. The van der Waals surface area contributed by atoms with Crippen LogP contribution in [0.4, 0.5) is 5.69 Å². The first-order chi connectivity index (χ1) is 10.1. The Bertz CT molecular complexity index is 704. The number of nitriles is 1. The van der Waals surface area contributed by atoms with E-state index in [-0.39, 0.29) is 5.88 Å². The maximum atomic E-state index is 9.43. The molecule has 0 aliphatic heterocycles. The van der Waals surface area contributed by atoms with E-state index in [1.165, 1.54) is 0 Å². The van der Waals surface area contributed by atoms with E-state index in [1.807, 2.05) is 20.8 Å². The van der Waals surface area contributed by atoms with Gasteiger partial charge >= 0.3 is 0 Å². The Labute approximate surface area is 124 Å². The molecule has 0 spiro atoms. The molecule has 0 fully saturated rings. The number of aromatic nitrogens is 2. The molecule has 0 bridgehead atoms. The summed E-state index contributed by atoms with van der Waals surface area (Å²) >= 11 is 0. The third-order valence-corrected chi connectivity index (χ3v) is 3.46. The Balaban J connectivity index is 2.50. The summed E-state index contributed by atoms with van der Waals surface area (Å²) in [6.45, 7) is 5.85. The van der Waals surface area contributed by atoms with E-state index in [9.17, 15) is 5.26 Å². The first-order valence-electron chi connectivity index (χ1n) is 6.93. The van der Waals surface area contributed by atoms with E-state index in [2.05, 4.69) is 16.3 Å². The van der Waals surface area contributed by atoms with Crippen molar-refractivity contribution in [1.29, 1.82) is 5.26 Å². The molecule has 0 radical (unpaired) electrons. The van der Waals surface area contributed by atoms with Gasteiger partial charge in [-0.05, 0) is 37.5 Å². The van der Waals surface area contributed by atoms with Crippen LogP contribution in [0.1, 0.15) is 36.2 Å². The van der Waals surface area contributed by atoms with Gasteiger partial charge < -0.3 is 10.5 Å². The lowest BCUT2D eigenvalue weighted by atomic mass is 10.0. The Morgan fingerprint density at radius 2 is 2.00 bits per heavy atom. The molecule has 0 unspecified atom stereocenters. The van der Waals surface area contributed by atoms with E-state index in [0.717, 1.165) is 23.2 Å². The predicted octanol–water partition coefficient (Wildman–Crippen LogP) is 3.16. The topological polar surface area (TPSA) is 84.8 Å². The van der Waals surface area contributed by atoms with Gasteiger partial charge in [-0.3, -0.25) is 0 Å². The minimum Gasteiger partial charge on any atom is -0.436 e. The lowest BCUT2D eigenvalue weighted by Gasteiger charge is -2.13. The van der Waals surface area contributed by atoms with Crippen molar-refractivity contribution in [2.75, 3.05) is 5.73 Å². The second-order valence-corrected chi connectivity index (χ2v) is 4.70. The maximum absolute atomic E-state index is 9.43. The summed E-state index contributed by atoms with van der Waals surface area (Å²) in [6, 6.07) is 7.59. The number of anilines is 1. The van der Waals surface area contributed by atoms with Gasteiger partial charge in [-0.2, -0.15) is 10.4 Å². The van der Waals surface area contributed by atoms with Crippen molar-refractivity contribution in [3.05, 3.63) is 40.6 Å². The molecule has 2 rings (SSSR count). The lowest BCUT2D eigenvalue weighted by Crippen LogP contribution is -2.05. The average molecular weight is 282 g/mol. The monoisotopic (exact) mass is 282 g/mol. The van der Waals surface area contributed by atoms with Crippen LogP contribution in [0.15, 0.2) is 18.2 Å². The van der Waals surface area contributed by atoms with Gasteiger partial charge in [0.05, 0.1) is 5.69 Å². The van der Waals surface area contributed by atoms with Gasteiger partial charge in [0.25, 0.3) is 5.88 Å². The van der Waals surface area contributed by atoms with E-state index >= 15 is 0 Å². The third-order valence-electron chi connectivity index (χ3n) is 3.46. The molecule has 108 valence electrons. The van der Waals surface area contributed by atoms with Gasteiger partial charge in [0, 0.05) is 11.3 Å². The van der Waals surface area contributed by atoms with Gasteiger partial charge in [-0.1, -0.05) is 19.9 Å². The van der Waals surface area contributed by atoms with Crippen LogP contribution >= 0.6 is 0 Å². The zero-order valence-corrected chi connectivity index (χ0v) is 12.5. The summed E-state index contributed by atoms with van der Waals surface area (Å²) in [5.41, 5.74) is 9.51. The van der Waals surface area contributed by atoms with Crippen LogP contribution < -0.4 is 10.5 Å². The predicted molar refractivity (Wildman–Crippen MR) is 81.2 cm³/mol. The Morgan fingerprint density at radius 1 is 1.24 bits per heavy atom. The summed E-state index contributed by atoms with van der Waals surface area (Å²) in [6.07, 6.45) is 1.45. The second-order valence-electron chi connectivity index (χ2n) is 4.70. The zero-order valence-electron chi connectivity index (χ0n) is 12.5. The molecule has 5 heteroatoms. The molecule has 1 aromatic heterocycles. The molecule has 2 N–H and O–H groups in total. The standard InChI is InChI=1S/C16H18N4O/c1-4-11-12(9-17)16(20-19-14(11)5-2)21-15-8-6-7-13(18)10(15)3/h6-8H,4-5,18H2,1-3H3. The molecular weight excluding hydrogens is 264 g/mol. The molecule has 0 saturated heterocycles. The van der Waals surface area contributed by atoms with Crippen LogP contribution in [0.25, 0.3) is 0 Å². The fourth-order valence-electron chi connectivity index (χ4n) is 2.19. The number of benzene rings is 1. The summed E-state index contributed by atoms with van der Waals surface area (Å²) in [5, 5.41) is 17.7. The number of hydrogen-bond donors (Lipinski definition) is 1. The summed E-state index contributed by atoms with van der Waals surface area (Å²) in [4.78, 5) is 0. The molecule has 1 heterocycles. The summed E-state index contributed by atoms with van der Waals surface area (Å²) in [5.74, 6) is 0.826. The fourth-order valence-corrected chi connectivity index (χ4v) is 2.19. The van der Waals surface area contributed by atoms with Crippen molar-refractivity contribution < 1.29 is 4.74 Å². The number of rotatable bonds is 4. The highest BCUT2D eigenvalue weighted by molar-refractivity contribution is 5.55. The van der Waals surface area contributed by atoms with Crippen LogP contribution in [-0.2, 0) is 12.8 Å². The van der Waals surface area contributed by atoms with Crippen molar-refractivity contribution in [3.8, 4) is 17.7 Å². The first-order valence-corrected chi connectivity index (χ1v) is 6.93. The average Bonchev–Trinajstić information content (AvgIpc) is 2.51. The van der Waals surface area contributed by atoms with E-state index < -0.39 is 0 Å². The molecule has 21 heavy (non-hydrogen) atoms. The molecule has 0 aliphatic carbocycles. The third kappa shape index (κ3) is 2.79. The molecule has 1 aromatic carbocycles. The van der Waals surface area contributed by atoms with Crippen LogP contribution in [0.2, 0.25) is 0 Å². The lowest BCUT2D eigenvalue weighted by molar-refractivity contribution is 0.448. The van der Waals surface area contributed by atoms with Crippen molar-refractivity contribution in [2.24, 2.45) is 0 Å². The molecule has 0 amide bonds. The summed E-state index contributed by atoms with van der Waals surface area (Å²) in [7, 11) is 0. The number of nitrogen functional groups attached to an aromatic ring is 1. The number of ether oxygens (including phenoxy) is 1. The minimum absolute atomic E-state index is 0.236. The highest BCUT2D eigenvalue weighted by Crippen LogP contribution is 2.30. The van der Waals surface area contributed by atoms with Crippen molar-refractivity contribution in [2.45, 2.75) is 33.6 Å². The van der Waals surface area contributed by atoms with Gasteiger partial charge in [-0.15, -0.1) is 5.10 Å². The number of nitrogens with zero attached hydrogens (tertiary/aromatic N) is 3. The normalized spacial score (nSPS) is 10.2. The highest BCUT2D eigenvalue weighted by atomic mass is 16.5. The molecule has 0 saturated carbocycles. The van der Waals surface area contributed by atoms with Gasteiger partial charge in [0.2, 0.25) is 0 Å². The number of hydrogen-bond acceptors (Lipinski definition) is 5. The Kier molecular flexibility index (Phi) is 4.39. The maximum Gasteiger partial charge on any atom is 0.257 e. The summed E-state index contributed by atoms with van der Waals surface area (Å²) < 4.78 is 5.78. The zero-order chi connectivity index (χ0) is 15.4. The minimum atomic E-state index is 0.236. The quantitative estimate of drug-likeness (QED) is 0.871. The van der Waals surface area contributed by atoms with Gasteiger partial charge in [-0.25, -0.2) is 0 Å². The van der Waals surface area contributed by atoms with Gasteiger partial charge in [0.1, 0.15) is 17.4 Å². The number of aryl methyl sites for hydroxylation is 1. The molecule has 0 aliphatic rings. The van der Waals surface area contributed by atoms with Crippen molar-refractivity contribution in [1.82, 2.24) is 10.2 Å². The van der Waals surface area contributed by atoms with E-state index in [4.69, 9.17) is 10.5 Å². The van der Waals surface area contributed by atoms with Crippen molar-refractivity contribution >= 4 is 5.69 Å². The van der Waals surface area contributed by atoms with E-state index in [1.54, 1.807) is 18.2 Å². The Hall–Kier alpha value is -2.61.